The van der Waals surface area contributed by atoms with Crippen molar-refractivity contribution in [3.05, 3.63) is 21.3 Å². The fraction of sp³-hybridized carbons (Fsp3) is 0.692. The Bertz CT molecular complexity index is 319. The lowest BCUT2D eigenvalue weighted by molar-refractivity contribution is 0.476. The number of thiophene rings is 1. The highest BCUT2D eigenvalue weighted by atomic mass is 35.5. The number of hydrogen-bond acceptors (Lipinski definition) is 2. The summed E-state index contributed by atoms with van der Waals surface area (Å²) >= 11 is 7.73. The van der Waals surface area contributed by atoms with Crippen LogP contribution in [0, 0.1) is 5.92 Å². The third-order valence-electron chi connectivity index (χ3n) is 3.14. The van der Waals surface area contributed by atoms with Crippen molar-refractivity contribution in [2.24, 2.45) is 5.92 Å². The van der Waals surface area contributed by atoms with E-state index in [-0.39, 0.29) is 0 Å². The van der Waals surface area contributed by atoms with Gasteiger partial charge in [-0.05, 0) is 43.9 Å². The molecule has 1 N–H and O–H groups in total. The summed E-state index contributed by atoms with van der Waals surface area (Å²) in [6.07, 6.45) is 6.73. The Balaban J connectivity index is 1.89. The summed E-state index contributed by atoms with van der Waals surface area (Å²) in [5.41, 5.74) is 0. The molecular weight excluding hydrogens is 238 g/mol. The summed E-state index contributed by atoms with van der Waals surface area (Å²) in [4.78, 5) is 1.40. The van der Waals surface area contributed by atoms with Gasteiger partial charge in [-0.15, -0.1) is 11.3 Å². The van der Waals surface area contributed by atoms with Crippen molar-refractivity contribution in [3.63, 3.8) is 0 Å². The molecule has 0 saturated heterocycles. The molecule has 0 amide bonds. The standard InChI is InChI=1S/C13H20ClNS/c1-2-9-15-11(6-5-10-3-4-10)12-7-8-13(14)16-12/h7-8,10-11,15H,2-6,9H2,1H3. The smallest absolute Gasteiger partial charge is 0.0931 e. The molecule has 1 aliphatic carbocycles. The second-order valence-electron chi connectivity index (χ2n) is 4.67. The zero-order valence-electron chi connectivity index (χ0n) is 9.84. The van der Waals surface area contributed by atoms with Crippen LogP contribution in [-0.2, 0) is 0 Å². The number of halogens is 1. The maximum absolute atomic E-state index is 6.00. The first-order valence-electron chi connectivity index (χ1n) is 6.28. The minimum absolute atomic E-state index is 0.526. The van der Waals surface area contributed by atoms with Crippen LogP contribution in [0.5, 0.6) is 0 Å². The minimum atomic E-state index is 0.526. The van der Waals surface area contributed by atoms with Crippen molar-refractivity contribution in [3.8, 4) is 0 Å². The van der Waals surface area contributed by atoms with Crippen molar-refractivity contribution in [2.75, 3.05) is 6.54 Å². The summed E-state index contributed by atoms with van der Waals surface area (Å²) in [7, 11) is 0. The first-order valence-corrected chi connectivity index (χ1v) is 7.47. The van der Waals surface area contributed by atoms with E-state index in [0.29, 0.717) is 6.04 Å². The van der Waals surface area contributed by atoms with Crippen molar-refractivity contribution < 1.29 is 0 Å². The van der Waals surface area contributed by atoms with Gasteiger partial charge in [-0.25, -0.2) is 0 Å². The maximum Gasteiger partial charge on any atom is 0.0931 e. The molecule has 2 rings (SSSR count). The second-order valence-corrected chi connectivity index (χ2v) is 6.42. The first-order chi connectivity index (χ1) is 7.79. The predicted octanol–water partition coefficient (Wildman–Crippen LogP) is 4.63. The number of nitrogens with one attached hydrogen (secondary N) is 1. The van der Waals surface area contributed by atoms with Crippen LogP contribution in [0.3, 0.4) is 0 Å². The van der Waals surface area contributed by atoms with Crippen molar-refractivity contribution in [1.82, 2.24) is 5.32 Å². The van der Waals surface area contributed by atoms with Crippen LogP contribution < -0.4 is 5.32 Å². The van der Waals surface area contributed by atoms with E-state index in [1.54, 1.807) is 11.3 Å². The number of rotatable bonds is 7. The lowest BCUT2D eigenvalue weighted by Crippen LogP contribution is -2.21. The first kappa shape index (κ1) is 12.4. The van der Waals surface area contributed by atoms with E-state index in [4.69, 9.17) is 11.6 Å². The molecule has 1 heterocycles. The fourth-order valence-corrected chi connectivity index (χ4v) is 3.16. The lowest BCUT2D eigenvalue weighted by Gasteiger charge is -2.16. The van der Waals surface area contributed by atoms with Gasteiger partial charge in [0.05, 0.1) is 4.34 Å². The van der Waals surface area contributed by atoms with Crippen LogP contribution in [-0.4, -0.2) is 6.54 Å². The summed E-state index contributed by atoms with van der Waals surface area (Å²) in [6.45, 7) is 3.32. The number of hydrogen-bond donors (Lipinski definition) is 1. The summed E-state index contributed by atoms with van der Waals surface area (Å²) < 4.78 is 0.907. The van der Waals surface area contributed by atoms with Crippen LogP contribution in [0.2, 0.25) is 4.34 Å². The van der Waals surface area contributed by atoms with E-state index in [1.807, 2.05) is 6.07 Å². The molecular formula is C13H20ClNS. The van der Waals surface area contributed by atoms with Gasteiger partial charge in [0, 0.05) is 10.9 Å². The lowest BCUT2D eigenvalue weighted by atomic mass is 10.1. The molecule has 1 saturated carbocycles. The second kappa shape index (κ2) is 6.04. The molecule has 0 radical (unpaired) electrons. The summed E-state index contributed by atoms with van der Waals surface area (Å²) in [5, 5.41) is 3.63. The van der Waals surface area contributed by atoms with Gasteiger partial charge in [0.1, 0.15) is 0 Å². The van der Waals surface area contributed by atoms with Gasteiger partial charge in [0.15, 0.2) is 0 Å². The Labute approximate surface area is 107 Å². The molecule has 1 unspecified atom stereocenters. The average Bonchev–Trinajstić information content (AvgIpc) is 3.01. The van der Waals surface area contributed by atoms with E-state index < -0.39 is 0 Å². The molecule has 1 aliphatic rings. The predicted molar refractivity (Wildman–Crippen MR) is 72.3 cm³/mol. The van der Waals surface area contributed by atoms with Gasteiger partial charge in [-0.1, -0.05) is 31.4 Å². The highest BCUT2D eigenvalue weighted by molar-refractivity contribution is 7.16. The molecule has 16 heavy (non-hydrogen) atoms. The van der Waals surface area contributed by atoms with Gasteiger partial charge in [-0.2, -0.15) is 0 Å². The highest BCUT2D eigenvalue weighted by Gasteiger charge is 2.23. The van der Waals surface area contributed by atoms with Crippen molar-refractivity contribution in [2.45, 2.75) is 45.1 Å². The summed E-state index contributed by atoms with van der Waals surface area (Å²) in [5.74, 6) is 1.02. The van der Waals surface area contributed by atoms with Gasteiger partial charge < -0.3 is 5.32 Å². The highest BCUT2D eigenvalue weighted by Crippen LogP contribution is 2.37. The molecule has 0 aliphatic heterocycles. The van der Waals surface area contributed by atoms with Crippen molar-refractivity contribution >= 4 is 22.9 Å². The van der Waals surface area contributed by atoms with E-state index in [9.17, 15) is 0 Å². The monoisotopic (exact) mass is 257 g/mol. The molecule has 0 aromatic carbocycles. The molecule has 0 bridgehead atoms. The zero-order chi connectivity index (χ0) is 11.4. The summed E-state index contributed by atoms with van der Waals surface area (Å²) in [6, 6.07) is 4.71. The minimum Gasteiger partial charge on any atom is -0.309 e. The molecule has 90 valence electrons. The molecule has 3 heteroatoms. The SMILES string of the molecule is CCCNC(CCC1CC1)c1ccc(Cl)s1. The van der Waals surface area contributed by atoms with Gasteiger partial charge in [0.25, 0.3) is 0 Å². The van der Waals surface area contributed by atoms with E-state index in [1.165, 1.54) is 37.0 Å². The molecule has 1 nitrogen and oxygen atoms in total. The molecule has 1 atom stereocenters. The van der Waals surface area contributed by atoms with Crippen LogP contribution in [0.25, 0.3) is 0 Å². The Kier molecular flexibility index (Phi) is 4.68. The average molecular weight is 258 g/mol. The molecule has 1 aromatic rings. The Hall–Kier alpha value is -0.0500. The van der Waals surface area contributed by atoms with Crippen molar-refractivity contribution in [1.29, 1.82) is 0 Å². The Morgan fingerprint density at radius 2 is 2.31 bits per heavy atom. The van der Waals surface area contributed by atoms with E-state index in [0.717, 1.165) is 16.8 Å². The molecule has 1 fully saturated rings. The quantitative estimate of drug-likeness (QED) is 0.751. The third-order valence-corrected chi connectivity index (χ3v) is 4.48. The van der Waals surface area contributed by atoms with Gasteiger partial charge >= 0.3 is 0 Å². The molecule has 1 aromatic heterocycles. The normalized spacial score (nSPS) is 17.6. The van der Waals surface area contributed by atoms with Crippen LogP contribution in [0.4, 0.5) is 0 Å². The van der Waals surface area contributed by atoms with Crippen LogP contribution in [0.1, 0.15) is 49.9 Å². The van der Waals surface area contributed by atoms with Crippen LogP contribution in [0.15, 0.2) is 12.1 Å². The fourth-order valence-electron chi connectivity index (χ4n) is 1.99. The van der Waals surface area contributed by atoms with Crippen LogP contribution >= 0.6 is 22.9 Å². The third kappa shape index (κ3) is 3.76. The van der Waals surface area contributed by atoms with Gasteiger partial charge in [0.2, 0.25) is 0 Å². The van der Waals surface area contributed by atoms with E-state index >= 15 is 0 Å². The van der Waals surface area contributed by atoms with Gasteiger partial charge in [-0.3, -0.25) is 0 Å². The Morgan fingerprint density at radius 3 is 2.88 bits per heavy atom. The zero-order valence-corrected chi connectivity index (χ0v) is 11.4. The largest absolute Gasteiger partial charge is 0.309 e. The van der Waals surface area contributed by atoms with E-state index in [2.05, 4.69) is 18.3 Å². The topological polar surface area (TPSA) is 12.0 Å². The maximum atomic E-state index is 6.00. The molecule has 0 spiro atoms. The Morgan fingerprint density at radius 1 is 1.50 bits per heavy atom.